The molecule has 0 unspecified atom stereocenters. The van der Waals surface area contributed by atoms with Gasteiger partial charge in [0.25, 0.3) is 0 Å². The maximum absolute atomic E-state index is 12.9. The van der Waals surface area contributed by atoms with Gasteiger partial charge in [-0.3, -0.25) is 9.59 Å². The normalized spacial score (nSPS) is 19.5. The number of nitrogens with one attached hydrogen (secondary N) is 1. The minimum Gasteiger partial charge on any atom is -0.469 e. The summed E-state index contributed by atoms with van der Waals surface area (Å²) in [5.41, 5.74) is 0. The lowest BCUT2D eigenvalue weighted by Crippen LogP contribution is -2.57. The molecule has 0 saturated carbocycles. The van der Waals surface area contributed by atoms with Gasteiger partial charge in [-0.25, -0.2) is 12.8 Å². The van der Waals surface area contributed by atoms with Gasteiger partial charge in [0.05, 0.1) is 18.4 Å². The first-order valence-electron chi connectivity index (χ1n) is 6.48. The molecule has 1 saturated heterocycles. The number of rotatable bonds is 4. The molecule has 1 aliphatic rings. The van der Waals surface area contributed by atoms with E-state index in [1.807, 2.05) is 0 Å². The molecule has 0 bridgehead atoms. The number of halogens is 1. The second-order valence-corrected chi connectivity index (χ2v) is 6.55. The number of sulfonamides is 1. The zero-order chi connectivity index (χ0) is 16.3. The van der Waals surface area contributed by atoms with Gasteiger partial charge in [0.15, 0.2) is 0 Å². The molecule has 1 aromatic carbocycles. The molecule has 9 heteroatoms. The van der Waals surface area contributed by atoms with Crippen LogP contribution in [0.25, 0.3) is 0 Å². The van der Waals surface area contributed by atoms with Crippen LogP contribution >= 0.6 is 0 Å². The fourth-order valence-electron chi connectivity index (χ4n) is 2.16. The van der Waals surface area contributed by atoms with Crippen molar-refractivity contribution in [3.8, 4) is 0 Å². The SMILES string of the molecule is COC(=O)C[C@H]1C(=O)NCCN1S(=O)(=O)c1ccc(F)cc1. The molecule has 1 fully saturated rings. The van der Waals surface area contributed by atoms with E-state index >= 15 is 0 Å². The number of esters is 1. The van der Waals surface area contributed by atoms with Crippen molar-refractivity contribution in [3.05, 3.63) is 30.1 Å². The van der Waals surface area contributed by atoms with E-state index in [-0.39, 0.29) is 24.4 Å². The average Bonchev–Trinajstić information content (AvgIpc) is 2.49. The van der Waals surface area contributed by atoms with E-state index in [1.54, 1.807) is 0 Å². The summed E-state index contributed by atoms with van der Waals surface area (Å²) < 4.78 is 43.6. The number of piperazine rings is 1. The van der Waals surface area contributed by atoms with Gasteiger partial charge in [-0.15, -0.1) is 0 Å². The Balaban J connectivity index is 2.35. The molecule has 1 N–H and O–H groups in total. The van der Waals surface area contributed by atoms with Crippen molar-refractivity contribution in [2.24, 2.45) is 0 Å². The maximum atomic E-state index is 12.9. The lowest BCUT2D eigenvalue weighted by Gasteiger charge is -2.33. The quantitative estimate of drug-likeness (QED) is 0.777. The Hall–Kier alpha value is -2.00. The molecule has 1 aliphatic heterocycles. The van der Waals surface area contributed by atoms with Crippen LogP contribution in [0.1, 0.15) is 6.42 Å². The van der Waals surface area contributed by atoms with Gasteiger partial charge in [0.2, 0.25) is 15.9 Å². The second kappa shape index (κ2) is 6.41. The van der Waals surface area contributed by atoms with Gasteiger partial charge in [0, 0.05) is 13.1 Å². The number of carbonyl (C=O) groups is 2. The average molecular weight is 330 g/mol. The number of carbonyl (C=O) groups excluding carboxylic acids is 2. The standard InChI is InChI=1S/C13H15FN2O5S/c1-21-12(17)8-11-13(18)15-6-7-16(11)22(19,20)10-4-2-9(14)3-5-10/h2-5,11H,6-8H2,1H3,(H,15,18)/t11-/m0/s1. The Morgan fingerprint density at radius 1 is 1.41 bits per heavy atom. The van der Waals surface area contributed by atoms with Gasteiger partial charge in [-0.1, -0.05) is 0 Å². The molecule has 0 spiro atoms. The summed E-state index contributed by atoms with van der Waals surface area (Å²) in [6, 6.07) is 3.09. The molecule has 7 nitrogen and oxygen atoms in total. The van der Waals surface area contributed by atoms with Crippen LogP contribution < -0.4 is 5.32 Å². The highest BCUT2D eigenvalue weighted by molar-refractivity contribution is 7.89. The van der Waals surface area contributed by atoms with Gasteiger partial charge < -0.3 is 10.1 Å². The molecule has 0 aliphatic carbocycles. The summed E-state index contributed by atoms with van der Waals surface area (Å²) in [4.78, 5) is 23.2. The third kappa shape index (κ3) is 3.25. The van der Waals surface area contributed by atoms with Crippen molar-refractivity contribution in [2.75, 3.05) is 20.2 Å². The Bertz CT molecular complexity index is 674. The van der Waals surface area contributed by atoms with E-state index in [9.17, 15) is 22.4 Å². The molecule has 22 heavy (non-hydrogen) atoms. The van der Waals surface area contributed by atoms with Crippen LogP contribution in [0.2, 0.25) is 0 Å². The molecule has 120 valence electrons. The number of amides is 1. The summed E-state index contributed by atoms with van der Waals surface area (Å²) >= 11 is 0. The van der Waals surface area contributed by atoms with Crippen molar-refractivity contribution in [1.82, 2.24) is 9.62 Å². The Morgan fingerprint density at radius 3 is 2.64 bits per heavy atom. The topological polar surface area (TPSA) is 92.8 Å². The Labute approximate surface area is 127 Å². The number of ether oxygens (including phenoxy) is 1. The van der Waals surface area contributed by atoms with Crippen molar-refractivity contribution in [3.63, 3.8) is 0 Å². The maximum Gasteiger partial charge on any atom is 0.307 e. The predicted molar refractivity (Wildman–Crippen MR) is 73.7 cm³/mol. The predicted octanol–water partition coefficient (Wildman–Crippen LogP) is -0.122. The third-order valence-electron chi connectivity index (χ3n) is 3.29. The van der Waals surface area contributed by atoms with Crippen molar-refractivity contribution in [1.29, 1.82) is 0 Å². The largest absolute Gasteiger partial charge is 0.469 e. The number of hydrogen-bond donors (Lipinski definition) is 1. The number of benzene rings is 1. The van der Waals surface area contributed by atoms with E-state index < -0.39 is 33.8 Å². The highest BCUT2D eigenvalue weighted by Crippen LogP contribution is 2.22. The first-order valence-corrected chi connectivity index (χ1v) is 7.92. The van der Waals surface area contributed by atoms with Crippen LogP contribution in [-0.4, -0.2) is 50.8 Å². The van der Waals surface area contributed by atoms with Gasteiger partial charge in [-0.05, 0) is 24.3 Å². The van der Waals surface area contributed by atoms with Crippen LogP contribution in [0.15, 0.2) is 29.2 Å². The minimum atomic E-state index is -4.02. The van der Waals surface area contributed by atoms with E-state index in [0.29, 0.717) is 0 Å². The molecular formula is C13H15FN2O5S. The molecule has 1 atom stereocenters. The minimum absolute atomic E-state index is 0.0209. The summed E-state index contributed by atoms with van der Waals surface area (Å²) in [6.07, 6.45) is -0.386. The first-order chi connectivity index (χ1) is 10.4. The third-order valence-corrected chi connectivity index (χ3v) is 5.21. The van der Waals surface area contributed by atoms with Crippen LogP contribution in [0.3, 0.4) is 0 Å². The fraction of sp³-hybridized carbons (Fsp3) is 0.385. The lowest BCUT2D eigenvalue weighted by atomic mass is 10.1. The van der Waals surface area contributed by atoms with Crippen LogP contribution in [-0.2, 0) is 24.3 Å². The van der Waals surface area contributed by atoms with Gasteiger partial charge in [0.1, 0.15) is 11.9 Å². The molecule has 1 aromatic rings. The van der Waals surface area contributed by atoms with Crippen LogP contribution in [0, 0.1) is 5.82 Å². The van der Waals surface area contributed by atoms with Crippen molar-refractivity contribution in [2.45, 2.75) is 17.4 Å². The second-order valence-electron chi connectivity index (χ2n) is 4.66. The molecular weight excluding hydrogens is 315 g/mol. The molecule has 1 heterocycles. The van der Waals surface area contributed by atoms with E-state index in [2.05, 4.69) is 10.1 Å². The molecule has 0 aromatic heterocycles. The van der Waals surface area contributed by atoms with E-state index in [0.717, 1.165) is 35.7 Å². The highest BCUT2D eigenvalue weighted by atomic mass is 32.2. The first kappa shape index (κ1) is 16.4. The van der Waals surface area contributed by atoms with Crippen LogP contribution in [0.5, 0.6) is 0 Å². The van der Waals surface area contributed by atoms with Gasteiger partial charge in [-0.2, -0.15) is 4.31 Å². The van der Waals surface area contributed by atoms with E-state index in [1.165, 1.54) is 0 Å². The summed E-state index contributed by atoms with van der Waals surface area (Å²) in [7, 11) is -2.86. The number of methoxy groups -OCH3 is 1. The highest BCUT2D eigenvalue weighted by Gasteiger charge is 2.39. The van der Waals surface area contributed by atoms with Crippen molar-refractivity contribution < 1.29 is 27.1 Å². The molecule has 0 radical (unpaired) electrons. The smallest absolute Gasteiger partial charge is 0.307 e. The number of nitrogens with zero attached hydrogens (tertiary/aromatic N) is 1. The van der Waals surface area contributed by atoms with Gasteiger partial charge >= 0.3 is 5.97 Å². The zero-order valence-electron chi connectivity index (χ0n) is 11.8. The summed E-state index contributed by atoms with van der Waals surface area (Å²) in [6.45, 7) is 0.157. The van der Waals surface area contributed by atoms with Crippen LogP contribution in [0.4, 0.5) is 4.39 Å². The Kier molecular flexibility index (Phi) is 4.77. The Morgan fingerprint density at radius 2 is 2.05 bits per heavy atom. The summed E-state index contributed by atoms with van der Waals surface area (Å²) in [5.74, 6) is -1.83. The molecule has 2 rings (SSSR count). The monoisotopic (exact) mass is 330 g/mol. The van der Waals surface area contributed by atoms with E-state index in [4.69, 9.17) is 0 Å². The molecule has 1 amide bonds. The lowest BCUT2D eigenvalue weighted by molar-refractivity contribution is -0.144. The summed E-state index contributed by atoms with van der Waals surface area (Å²) in [5, 5.41) is 2.51. The zero-order valence-corrected chi connectivity index (χ0v) is 12.6. The van der Waals surface area contributed by atoms with Crippen molar-refractivity contribution >= 4 is 21.9 Å². The fourth-order valence-corrected chi connectivity index (χ4v) is 3.75. The number of hydrogen-bond acceptors (Lipinski definition) is 5.